The molecule has 0 amide bonds. The van der Waals surface area contributed by atoms with Crippen LogP contribution in [-0.2, 0) is 9.59 Å². The van der Waals surface area contributed by atoms with Gasteiger partial charge in [-0.25, -0.2) is 4.79 Å². The summed E-state index contributed by atoms with van der Waals surface area (Å²) in [5.74, 6) is -3.42. The monoisotopic (exact) mass is 193 g/mol. The molecular formula is C6H11NO6. The number of carbonyl (C=O) groups excluding carboxylic acids is 1. The van der Waals surface area contributed by atoms with E-state index in [0.717, 1.165) is 0 Å². The summed E-state index contributed by atoms with van der Waals surface area (Å²) in [6.07, 6.45) is -3.90. The highest BCUT2D eigenvalue weighted by atomic mass is 16.4. The first kappa shape index (κ1) is 12.0. The van der Waals surface area contributed by atoms with Gasteiger partial charge in [-0.15, -0.1) is 0 Å². The minimum atomic E-state index is -2.11. The number of hydrogen-bond acceptors (Lipinski definition) is 6. The number of hydrogen-bond donors (Lipinski definition) is 5. The van der Waals surface area contributed by atoms with Gasteiger partial charge < -0.3 is 26.2 Å². The Morgan fingerprint density at radius 1 is 1.31 bits per heavy atom. The highest BCUT2D eigenvalue weighted by molar-refractivity contribution is 6.34. The minimum absolute atomic E-state index is 0.662. The quantitative estimate of drug-likeness (QED) is 0.288. The maximum absolute atomic E-state index is 10.6. The molecule has 0 saturated carbocycles. The predicted molar refractivity (Wildman–Crippen MR) is 39.7 cm³/mol. The van der Waals surface area contributed by atoms with Crippen LogP contribution in [-0.4, -0.2) is 57.0 Å². The minimum Gasteiger partial charge on any atom is -0.475 e. The van der Waals surface area contributed by atoms with Gasteiger partial charge in [0.15, 0.2) is 6.10 Å². The fourth-order valence-electron chi connectivity index (χ4n) is 0.624. The molecule has 3 atom stereocenters. The topological polar surface area (TPSA) is 141 Å². The van der Waals surface area contributed by atoms with Gasteiger partial charge in [0, 0.05) is 0 Å². The first-order chi connectivity index (χ1) is 5.91. The van der Waals surface area contributed by atoms with Gasteiger partial charge in [0.25, 0.3) is 5.78 Å². The summed E-state index contributed by atoms with van der Waals surface area (Å²) in [6.45, 7) is -0.662. The molecule has 7 heteroatoms. The summed E-state index contributed by atoms with van der Waals surface area (Å²) in [4.78, 5) is 20.6. The van der Waals surface area contributed by atoms with Crippen molar-refractivity contribution in [2.75, 3.05) is 6.61 Å². The SMILES string of the molecule is N[C@H](CO)[C@@H](O)[C@H](O)C(=O)C(=O)O. The van der Waals surface area contributed by atoms with Gasteiger partial charge in [-0.1, -0.05) is 0 Å². The molecule has 6 N–H and O–H groups in total. The Balaban J connectivity index is 4.33. The fourth-order valence-corrected chi connectivity index (χ4v) is 0.624. The zero-order valence-electron chi connectivity index (χ0n) is 6.62. The molecule has 0 saturated heterocycles. The molecule has 0 heterocycles. The Labute approximate surface area is 73.4 Å². The number of carboxylic acids is 1. The third-order valence-corrected chi connectivity index (χ3v) is 1.45. The van der Waals surface area contributed by atoms with Crippen LogP contribution in [0.3, 0.4) is 0 Å². The number of aliphatic hydroxyl groups excluding tert-OH is 3. The number of ketones is 1. The second kappa shape index (κ2) is 4.87. The molecule has 0 radical (unpaired) electrons. The van der Waals surface area contributed by atoms with Crippen molar-refractivity contribution in [2.45, 2.75) is 18.2 Å². The first-order valence-electron chi connectivity index (χ1n) is 3.41. The van der Waals surface area contributed by atoms with Crippen molar-refractivity contribution in [1.29, 1.82) is 0 Å². The molecule has 0 aliphatic carbocycles. The van der Waals surface area contributed by atoms with Crippen molar-refractivity contribution in [3.05, 3.63) is 0 Å². The molecule has 0 aromatic heterocycles. The van der Waals surface area contributed by atoms with Crippen molar-refractivity contribution in [2.24, 2.45) is 5.73 Å². The number of carboxylic acid groups (broad SMARTS) is 1. The molecule has 0 aliphatic rings. The summed E-state index contributed by atoms with van der Waals surface area (Å²) in [5.41, 5.74) is 5.05. The van der Waals surface area contributed by atoms with Crippen LogP contribution in [0.1, 0.15) is 0 Å². The maximum atomic E-state index is 10.6. The number of aliphatic hydroxyl groups is 3. The Bertz CT molecular complexity index is 205. The van der Waals surface area contributed by atoms with Crippen molar-refractivity contribution in [3.8, 4) is 0 Å². The highest BCUT2D eigenvalue weighted by Gasteiger charge is 2.32. The van der Waals surface area contributed by atoms with E-state index in [2.05, 4.69) is 0 Å². The second-order valence-electron chi connectivity index (χ2n) is 2.45. The van der Waals surface area contributed by atoms with Gasteiger partial charge in [0.1, 0.15) is 6.10 Å². The maximum Gasteiger partial charge on any atom is 0.375 e. The van der Waals surface area contributed by atoms with E-state index in [0.29, 0.717) is 0 Å². The largest absolute Gasteiger partial charge is 0.475 e. The van der Waals surface area contributed by atoms with Crippen LogP contribution >= 0.6 is 0 Å². The second-order valence-corrected chi connectivity index (χ2v) is 2.45. The Hall–Kier alpha value is -1.02. The van der Waals surface area contributed by atoms with Gasteiger partial charge >= 0.3 is 5.97 Å². The van der Waals surface area contributed by atoms with Crippen LogP contribution in [0.2, 0.25) is 0 Å². The summed E-state index contributed by atoms with van der Waals surface area (Å²) in [6, 6.07) is -1.25. The normalized spacial score (nSPS) is 17.5. The van der Waals surface area contributed by atoms with Crippen molar-refractivity contribution in [3.63, 3.8) is 0 Å². The average Bonchev–Trinajstić information content (AvgIpc) is 2.12. The van der Waals surface area contributed by atoms with Gasteiger partial charge in [0.05, 0.1) is 12.6 Å². The molecule has 0 aromatic carbocycles. The van der Waals surface area contributed by atoms with E-state index in [-0.39, 0.29) is 0 Å². The lowest BCUT2D eigenvalue weighted by atomic mass is 10.0. The van der Waals surface area contributed by atoms with Crippen LogP contribution in [0.15, 0.2) is 0 Å². The van der Waals surface area contributed by atoms with Gasteiger partial charge in [-0.3, -0.25) is 4.79 Å². The molecule has 0 unspecified atom stereocenters. The fraction of sp³-hybridized carbons (Fsp3) is 0.667. The summed E-state index contributed by atoms with van der Waals surface area (Å²) < 4.78 is 0. The molecule has 13 heavy (non-hydrogen) atoms. The van der Waals surface area contributed by atoms with E-state index in [9.17, 15) is 9.59 Å². The van der Waals surface area contributed by atoms with Crippen LogP contribution in [0, 0.1) is 0 Å². The van der Waals surface area contributed by atoms with Gasteiger partial charge in [-0.2, -0.15) is 0 Å². The number of nitrogens with two attached hydrogens (primary N) is 1. The van der Waals surface area contributed by atoms with Crippen LogP contribution in [0.5, 0.6) is 0 Å². The van der Waals surface area contributed by atoms with Crippen LogP contribution in [0.4, 0.5) is 0 Å². The zero-order chi connectivity index (χ0) is 10.6. The third kappa shape index (κ3) is 3.07. The number of Topliss-reactive ketones (excluding diaryl/α,β-unsaturated/α-hetero) is 1. The summed E-state index contributed by atoms with van der Waals surface area (Å²) in [5, 5.41) is 34.4. The molecule has 0 aromatic rings. The molecule has 0 spiro atoms. The molecule has 0 bridgehead atoms. The first-order valence-corrected chi connectivity index (χ1v) is 3.41. The summed E-state index contributed by atoms with van der Waals surface area (Å²) >= 11 is 0. The molecule has 0 rings (SSSR count). The Kier molecular flexibility index (Phi) is 4.49. The lowest BCUT2D eigenvalue weighted by molar-refractivity contribution is -0.156. The van der Waals surface area contributed by atoms with E-state index in [1.807, 2.05) is 0 Å². The zero-order valence-corrected chi connectivity index (χ0v) is 6.62. The van der Waals surface area contributed by atoms with Crippen molar-refractivity contribution >= 4 is 11.8 Å². The lowest BCUT2D eigenvalue weighted by Crippen LogP contribution is -2.50. The Morgan fingerprint density at radius 2 is 1.77 bits per heavy atom. The summed E-state index contributed by atoms with van der Waals surface area (Å²) in [7, 11) is 0. The number of carbonyl (C=O) groups is 2. The van der Waals surface area contributed by atoms with Crippen LogP contribution < -0.4 is 5.73 Å². The molecule has 76 valence electrons. The Morgan fingerprint density at radius 3 is 2.08 bits per heavy atom. The van der Waals surface area contributed by atoms with Crippen molar-refractivity contribution < 1.29 is 30.0 Å². The average molecular weight is 193 g/mol. The van der Waals surface area contributed by atoms with E-state index >= 15 is 0 Å². The predicted octanol–water partition coefficient (Wildman–Crippen LogP) is -3.32. The standard InChI is InChI=1S/C6H11NO6/c7-2(1-8)3(9)4(10)5(11)6(12)13/h2-4,8-10H,1,7H2,(H,12,13)/t2-,3-,4+/m1/s1. The smallest absolute Gasteiger partial charge is 0.375 e. The third-order valence-electron chi connectivity index (χ3n) is 1.45. The van der Waals surface area contributed by atoms with E-state index < -0.39 is 36.6 Å². The van der Waals surface area contributed by atoms with E-state index in [1.54, 1.807) is 0 Å². The molecular weight excluding hydrogens is 182 g/mol. The van der Waals surface area contributed by atoms with E-state index in [4.69, 9.17) is 26.2 Å². The number of rotatable bonds is 5. The lowest BCUT2D eigenvalue weighted by Gasteiger charge is -2.19. The van der Waals surface area contributed by atoms with Gasteiger partial charge in [-0.05, 0) is 0 Å². The highest BCUT2D eigenvalue weighted by Crippen LogP contribution is 1.99. The molecule has 7 nitrogen and oxygen atoms in total. The van der Waals surface area contributed by atoms with Crippen LogP contribution in [0.25, 0.3) is 0 Å². The van der Waals surface area contributed by atoms with E-state index in [1.165, 1.54) is 0 Å². The van der Waals surface area contributed by atoms with Gasteiger partial charge in [0.2, 0.25) is 0 Å². The molecule has 0 aliphatic heterocycles. The molecule has 0 fully saturated rings. The number of aliphatic carboxylic acids is 1. The van der Waals surface area contributed by atoms with Crippen molar-refractivity contribution in [1.82, 2.24) is 0 Å².